The first-order valence-corrected chi connectivity index (χ1v) is 9.10. The molecule has 0 fully saturated rings. The van der Waals surface area contributed by atoms with Crippen molar-refractivity contribution in [3.05, 3.63) is 59.9 Å². The Morgan fingerprint density at radius 2 is 1.92 bits per heavy atom. The number of fused-ring (bicyclic) bond motifs is 1. The molecule has 136 valence electrons. The van der Waals surface area contributed by atoms with Gasteiger partial charge in [-0.1, -0.05) is 37.6 Å². The van der Waals surface area contributed by atoms with Gasteiger partial charge in [0.2, 0.25) is 0 Å². The molecule has 1 heterocycles. The molecule has 1 aromatic heterocycles. The molecule has 1 amide bonds. The maximum Gasteiger partial charge on any atom is 0.255 e. The first kappa shape index (κ1) is 18.0. The molecule has 0 aliphatic rings. The maximum absolute atomic E-state index is 12.4. The first-order valence-electron chi connectivity index (χ1n) is 9.10. The lowest BCUT2D eigenvalue weighted by molar-refractivity contribution is 0.0951. The molecule has 5 nitrogen and oxygen atoms in total. The lowest BCUT2D eigenvalue weighted by atomic mass is 10.2. The Kier molecular flexibility index (Phi) is 5.89. The number of nitrogens with zero attached hydrogens (tertiary/aromatic N) is 2. The van der Waals surface area contributed by atoms with E-state index in [-0.39, 0.29) is 5.91 Å². The van der Waals surface area contributed by atoms with Gasteiger partial charge >= 0.3 is 0 Å². The lowest BCUT2D eigenvalue weighted by Crippen LogP contribution is -2.27. The number of para-hydroxylation sites is 3. The van der Waals surface area contributed by atoms with E-state index >= 15 is 0 Å². The van der Waals surface area contributed by atoms with Gasteiger partial charge in [0.15, 0.2) is 0 Å². The number of amides is 1. The highest BCUT2D eigenvalue weighted by Crippen LogP contribution is 2.18. The smallest absolute Gasteiger partial charge is 0.255 e. The molecule has 0 spiro atoms. The van der Waals surface area contributed by atoms with Gasteiger partial charge in [-0.15, -0.1) is 0 Å². The number of carbonyl (C=O) groups is 1. The molecule has 3 rings (SSSR count). The zero-order chi connectivity index (χ0) is 18.4. The van der Waals surface area contributed by atoms with E-state index in [1.807, 2.05) is 30.3 Å². The topological polar surface area (TPSA) is 56.2 Å². The summed E-state index contributed by atoms with van der Waals surface area (Å²) in [5.41, 5.74) is 2.72. The number of methoxy groups -OCH3 is 1. The number of carbonyl (C=O) groups excluding carboxylic acids is 1. The van der Waals surface area contributed by atoms with E-state index in [2.05, 4.69) is 22.9 Å². The van der Waals surface area contributed by atoms with Crippen LogP contribution in [0.5, 0.6) is 5.75 Å². The summed E-state index contributed by atoms with van der Waals surface area (Å²) in [6, 6.07) is 15.4. The summed E-state index contributed by atoms with van der Waals surface area (Å²) in [4.78, 5) is 17.2. The number of hydrogen-bond donors (Lipinski definition) is 1. The van der Waals surface area contributed by atoms with E-state index in [4.69, 9.17) is 9.72 Å². The van der Waals surface area contributed by atoms with Gasteiger partial charge in [-0.3, -0.25) is 4.79 Å². The summed E-state index contributed by atoms with van der Waals surface area (Å²) in [7, 11) is 1.57. The van der Waals surface area contributed by atoms with Crippen LogP contribution in [0.25, 0.3) is 11.0 Å². The predicted octanol–water partition coefficient (Wildman–Crippen LogP) is 3.82. The SMILES string of the molecule is CCCCn1c(CCNC(=O)c2ccccc2OC)nc2ccccc21. The minimum atomic E-state index is -0.126. The largest absolute Gasteiger partial charge is 0.496 e. The lowest BCUT2D eigenvalue weighted by Gasteiger charge is -2.11. The van der Waals surface area contributed by atoms with Crippen LogP contribution >= 0.6 is 0 Å². The van der Waals surface area contributed by atoms with Crippen molar-refractivity contribution in [2.45, 2.75) is 32.7 Å². The van der Waals surface area contributed by atoms with Gasteiger partial charge in [-0.05, 0) is 30.7 Å². The molecule has 0 saturated heterocycles. The van der Waals surface area contributed by atoms with Gasteiger partial charge in [-0.25, -0.2) is 4.98 Å². The van der Waals surface area contributed by atoms with Crippen LogP contribution in [0.15, 0.2) is 48.5 Å². The normalized spacial score (nSPS) is 10.8. The third kappa shape index (κ3) is 3.87. The first-order chi connectivity index (χ1) is 12.7. The molecule has 0 bridgehead atoms. The van der Waals surface area contributed by atoms with Gasteiger partial charge in [0.25, 0.3) is 5.91 Å². The zero-order valence-electron chi connectivity index (χ0n) is 15.4. The second-order valence-corrected chi connectivity index (χ2v) is 6.23. The molecule has 0 aliphatic heterocycles. The molecule has 2 aromatic carbocycles. The van der Waals surface area contributed by atoms with E-state index in [1.165, 1.54) is 0 Å². The number of hydrogen-bond acceptors (Lipinski definition) is 3. The van der Waals surface area contributed by atoms with Crippen LogP contribution in [-0.4, -0.2) is 29.1 Å². The second-order valence-electron chi connectivity index (χ2n) is 6.23. The van der Waals surface area contributed by atoms with Crippen LogP contribution in [-0.2, 0) is 13.0 Å². The van der Waals surface area contributed by atoms with Gasteiger partial charge in [0, 0.05) is 19.5 Å². The van der Waals surface area contributed by atoms with Crippen molar-refractivity contribution in [1.29, 1.82) is 0 Å². The number of nitrogens with one attached hydrogen (secondary N) is 1. The highest BCUT2D eigenvalue weighted by molar-refractivity contribution is 5.96. The molecule has 0 atom stereocenters. The van der Waals surface area contributed by atoms with Crippen molar-refractivity contribution in [1.82, 2.24) is 14.9 Å². The summed E-state index contributed by atoms with van der Waals surface area (Å²) in [5.74, 6) is 1.47. The monoisotopic (exact) mass is 351 g/mol. The number of ether oxygens (including phenoxy) is 1. The summed E-state index contributed by atoms with van der Waals surface area (Å²) >= 11 is 0. The van der Waals surface area contributed by atoms with E-state index < -0.39 is 0 Å². The van der Waals surface area contributed by atoms with Crippen LogP contribution in [0, 0.1) is 0 Å². The minimum Gasteiger partial charge on any atom is -0.496 e. The fourth-order valence-electron chi connectivity index (χ4n) is 3.10. The Morgan fingerprint density at radius 3 is 2.73 bits per heavy atom. The van der Waals surface area contributed by atoms with E-state index in [1.54, 1.807) is 19.2 Å². The fourth-order valence-corrected chi connectivity index (χ4v) is 3.10. The van der Waals surface area contributed by atoms with Crippen LogP contribution < -0.4 is 10.1 Å². The average Bonchev–Trinajstić information content (AvgIpc) is 3.03. The molecule has 3 aromatic rings. The summed E-state index contributed by atoms with van der Waals surface area (Å²) in [6.45, 7) is 3.67. The van der Waals surface area contributed by atoms with Crippen molar-refractivity contribution >= 4 is 16.9 Å². The molecule has 0 unspecified atom stereocenters. The van der Waals surface area contributed by atoms with Gasteiger partial charge in [0.05, 0.1) is 23.7 Å². The highest BCUT2D eigenvalue weighted by atomic mass is 16.5. The summed E-state index contributed by atoms with van der Waals surface area (Å²) in [6.07, 6.45) is 2.94. The standard InChI is InChI=1S/C21H25N3O2/c1-3-4-15-24-18-11-7-6-10-17(18)23-20(24)13-14-22-21(25)16-9-5-8-12-19(16)26-2/h5-12H,3-4,13-15H2,1-2H3,(H,22,25). The van der Waals surface area contributed by atoms with E-state index in [9.17, 15) is 4.79 Å². The van der Waals surface area contributed by atoms with Crippen LogP contribution in [0.2, 0.25) is 0 Å². The summed E-state index contributed by atoms with van der Waals surface area (Å²) in [5, 5.41) is 2.98. The maximum atomic E-state index is 12.4. The Morgan fingerprint density at radius 1 is 1.15 bits per heavy atom. The Balaban J connectivity index is 1.70. The van der Waals surface area contributed by atoms with Crippen molar-refractivity contribution in [3.63, 3.8) is 0 Å². The molecular weight excluding hydrogens is 326 g/mol. The third-order valence-electron chi connectivity index (χ3n) is 4.45. The van der Waals surface area contributed by atoms with E-state index in [0.717, 1.165) is 36.2 Å². The number of unbranched alkanes of at least 4 members (excludes halogenated alkanes) is 1. The average molecular weight is 351 g/mol. The van der Waals surface area contributed by atoms with Crippen LogP contribution in [0.3, 0.4) is 0 Å². The third-order valence-corrected chi connectivity index (χ3v) is 4.45. The van der Waals surface area contributed by atoms with Crippen molar-refractivity contribution in [3.8, 4) is 5.75 Å². The minimum absolute atomic E-state index is 0.126. The van der Waals surface area contributed by atoms with Gasteiger partial charge < -0.3 is 14.6 Å². The Hall–Kier alpha value is -2.82. The Labute approximate surface area is 154 Å². The summed E-state index contributed by atoms with van der Waals surface area (Å²) < 4.78 is 7.53. The van der Waals surface area contributed by atoms with Crippen LogP contribution in [0.4, 0.5) is 0 Å². The van der Waals surface area contributed by atoms with Crippen molar-refractivity contribution in [2.75, 3.05) is 13.7 Å². The fraction of sp³-hybridized carbons (Fsp3) is 0.333. The number of benzene rings is 2. The van der Waals surface area contributed by atoms with E-state index in [0.29, 0.717) is 24.3 Å². The Bertz CT molecular complexity index is 886. The molecule has 5 heteroatoms. The molecule has 0 saturated carbocycles. The number of aryl methyl sites for hydroxylation is 1. The quantitative estimate of drug-likeness (QED) is 0.671. The number of aromatic nitrogens is 2. The zero-order valence-corrected chi connectivity index (χ0v) is 15.4. The van der Waals surface area contributed by atoms with Crippen molar-refractivity contribution in [2.24, 2.45) is 0 Å². The van der Waals surface area contributed by atoms with Gasteiger partial charge in [0.1, 0.15) is 11.6 Å². The predicted molar refractivity (Wildman–Crippen MR) is 104 cm³/mol. The highest BCUT2D eigenvalue weighted by Gasteiger charge is 2.13. The molecular formula is C21H25N3O2. The number of rotatable bonds is 8. The number of imidazole rings is 1. The van der Waals surface area contributed by atoms with Gasteiger partial charge in [-0.2, -0.15) is 0 Å². The molecule has 0 radical (unpaired) electrons. The van der Waals surface area contributed by atoms with Crippen molar-refractivity contribution < 1.29 is 9.53 Å². The molecule has 26 heavy (non-hydrogen) atoms. The molecule has 0 aliphatic carbocycles. The molecule has 1 N–H and O–H groups in total. The van der Waals surface area contributed by atoms with Crippen LogP contribution in [0.1, 0.15) is 35.9 Å². The second kappa shape index (κ2) is 8.52.